The number of hydrogen-bond acceptors (Lipinski definition) is 3. The molecule has 1 unspecified atom stereocenters. The summed E-state index contributed by atoms with van der Waals surface area (Å²) in [6, 6.07) is 7.28. The summed E-state index contributed by atoms with van der Waals surface area (Å²) in [5.74, 6) is 0.202. The Balaban J connectivity index is 2.31. The Bertz CT molecular complexity index is 418. The molecule has 0 bridgehead atoms. The van der Waals surface area contributed by atoms with Crippen LogP contribution in [0.25, 0.3) is 0 Å². The zero-order valence-corrected chi connectivity index (χ0v) is 13.1. The number of urea groups is 1. The van der Waals surface area contributed by atoms with E-state index in [4.69, 9.17) is 4.74 Å². The summed E-state index contributed by atoms with van der Waals surface area (Å²) in [5.41, 5.74) is 1.81. The maximum absolute atomic E-state index is 11.7. The van der Waals surface area contributed by atoms with E-state index in [-0.39, 0.29) is 18.1 Å². The fourth-order valence-electron chi connectivity index (χ4n) is 1.75. The van der Waals surface area contributed by atoms with Gasteiger partial charge in [-0.25, -0.2) is 4.79 Å². The van der Waals surface area contributed by atoms with Crippen LogP contribution in [0.1, 0.15) is 32.8 Å². The van der Waals surface area contributed by atoms with Crippen molar-refractivity contribution in [2.24, 2.45) is 5.92 Å². The summed E-state index contributed by atoms with van der Waals surface area (Å²) in [4.78, 5) is 11.7. The molecule has 0 aliphatic carbocycles. The number of aliphatic hydroxyl groups excluding tert-OH is 1. The van der Waals surface area contributed by atoms with Gasteiger partial charge in [-0.1, -0.05) is 26.0 Å². The van der Waals surface area contributed by atoms with E-state index in [0.717, 1.165) is 11.3 Å². The second kappa shape index (κ2) is 9.37. The van der Waals surface area contributed by atoms with Gasteiger partial charge in [-0.2, -0.15) is 0 Å². The molecule has 3 N–H and O–H groups in total. The van der Waals surface area contributed by atoms with Crippen molar-refractivity contribution in [3.63, 3.8) is 0 Å². The second-order valence-electron chi connectivity index (χ2n) is 5.32. The molecule has 2 amide bonds. The van der Waals surface area contributed by atoms with Gasteiger partial charge in [-0.05, 0) is 37.0 Å². The van der Waals surface area contributed by atoms with Crippen LogP contribution in [0.5, 0.6) is 0 Å². The van der Waals surface area contributed by atoms with Crippen LogP contribution < -0.4 is 10.6 Å². The normalized spacial score (nSPS) is 12.2. The van der Waals surface area contributed by atoms with Gasteiger partial charge in [0, 0.05) is 18.8 Å². The summed E-state index contributed by atoms with van der Waals surface area (Å²) >= 11 is 0. The van der Waals surface area contributed by atoms with Gasteiger partial charge >= 0.3 is 6.03 Å². The van der Waals surface area contributed by atoms with E-state index in [1.807, 2.05) is 45.0 Å². The Morgan fingerprint density at radius 2 is 1.95 bits per heavy atom. The molecule has 1 aromatic rings. The fourth-order valence-corrected chi connectivity index (χ4v) is 1.75. The number of amides is 2. The van der Waals surface area contributed by atoms with Crippen molar-refractivity contribution in [3.05, 3.63) is 29.8 Å². The third kappa shape index (κ3) is 7.11. The van der Waals surface area contributed by atoms with Crippen LogP contribution in [0, 0.1) is 5.92 Å². The number of nitrogens with one attached hydrogen (secondary N) is 2. The van der Waals surface area contributed by atoms with Crippen molar-refractivity contribution < 1.29 is 14.6 Å². The van der Waals surface area contributed by atoms with Gasteiger partial charge in [0.2, 0.25) is 0 Å². The first-order valence-electron chi connectivity index (χ1n) is 7.42. The van der Waals surface area contributed by atoms with E-state index in [9.17, 15) is 9.90 Å². The molecule has 1 atom stereocenters. The minimum atomic E-state index is -0.386. The molecule has 1 aromatic carbocycles. The number of aliphatic hydroxyl groups is 1. The van der Waals surface area contributed by atoms with Crippen LogP contribution in [-0.2, 0) is 11.3 Å². The molecule has 0 saturated carbocycles. The van der Waals surface area contributed by atoms with Crippen molar-refractivity contribution in [3.8, 4) is 0 Å². The number of hydrogen-bond donors (Lipinski definition) is 3. The smallest absolute Gasteiger partial charge is 0.319 e. The number of anilines is 1. The number of rotatable bonds is 8. The predicted molar refractivity (Wildman–Crippen MR) is 84.3 cm³/mol. The summed E-state index contributed by atoms with van der Waals surface area (Å²) in [6.45, 7) is 7.58. The molecule has 0 aliphatic heterocycles. The Hall–Kier alpha value is -1.59. The SMILES string of the molecule is CCOCc1ccc(NC(=O)NCCC(O)C(C)C)cc1. The highest BCUT2D eigenvalue weighted by Crippen LogP contribution is 2.10. The lowest BCUT2D eigenvalue weighted by molar-refractivity contribution is 0.117. The minimum absolute atomic E-state index is 0.202. The first kappa shape index (κ1) is 17.5. The first-order chi connectivity index (χ1) is 10.0. The lowest BCUT2D eigenvalue weighted by Gasteiger charge is -2.14. The van der Waals surface area contributed by atoms with Crippen molar-refractivity contribution in [1.29, 1.82) is 0 Å². The number of ether oxygens (including phenoxy) is 1. The second-order valence-corrected chi connectivity index (χ2v) is 5.32. The third-order valence-electron chi connectivity index (χ3n) is 3.18. The highest BCUT2D eigenvalue weighted by Gasteiger charge is 2.09. The van der Waals surface area contributed by atoms with Crippen LogP contribution in [0.15, 0.2) is 24.3 Å². The quantitative estimate of drug-likeness (QED) is 0.690. The molecule has 0 fully saturated rings. The molecule has 118 valence electrons. The van der Waals surface area contributed by atoms with Crippen molar-refractivity contribution >= 4 is 11.7 Å². The fraction of sp³-hybridized carbons (Fsp3) is 0.562. The van der Waals surface area contributed by atoms with E-state index >= 15 is 0 Å². The maximum atomic E-state index is 11.7. The van der Waals surface area contributed by atoms with E-state index in [0.29, 0.717) is 26.2 Å². The van der Waals surface area contributed by atoms with Crippen LogP contribution in [0.4, 0.5) is 10.5 Å². The molecular formula is C16H26N2O3. The lowest BCUT2D eigenvalue weighted by atomic mass is 10.0. The molecule has 5 nitrogen and oxygen atoms in total. The molecule has 1 rings (SSSR count). The Morgan fingerprint density at radius 1 is 1.29 bits per heavy atom. The zero-order chi connectivity index (χ0) is 15.7. The molecule has 0 saturated heterocycles. The molecule has 0 aliphatic rings. The van der Waals surface area contributed by atoms with Crippen LogP contribution in [0.2, 0.25) is 0 Å². The predicted octanol–water partition coefficient (Wildman–Crippen LogP) is 2.75. The molecule has 21 heavy (non-hydrogen) atoms. The monoisotopic (exact) mass is 294 g/mol. The maximum Gasteiger partial charge on any atom is 0.319 e. The molecule has 5 heteroatoms. The lowest BCUT2D eigenvalue weighted by Crippen LogP contribution is -2.32. The number of carbonyl (C=O) groups excluding carboxylic acids is 1. The zero-order valence-electron chi connectivity index (χ0n) is 13.1. The van der Waals surface area contributed by atoms with Gasteiger partial charge in [-0.15, -0.1) is 0 Å². The van der Waals surface area contributed by atoms with Gasteiger partial charge in [0.05, 0.1) is 12.7 Å². The van der Waals surface area contributed by atoms with Crippen molar-refractivity contribution in [1.82, 2.24) is 5.32 Å². The van der Waals surface area contributed by atoms with Crippen LogP contribution >= 0.6 is 0 Å². The van der Waals surface area contributed by atoms with E-state index < -0.39 is 0 Å². The summed E-state index contributed by atoms with van der Waals surface area (Å²) < 4.78 is 5.31. The van der Waals surface area contributed by atoms with E-state index in [1.54, 1.807) is 0 Å². The molecule has 0 heterocycles. The van der Waals surface area contributed by atoms with Gasteiger partial charge in [0.25, 0.3) is 0 Å². The summed E-state index contributed by atoms with van der Waals surface area (Å²) in [6.07, 6.45) is 0.168. The van der Waals surface area contributed by atoms with Gasteiger partial charge < -0.3 is 20.5 Å². The Kier molecular flexibility index (Phi) is 7.79. The average molecular weight is 294 g/mol. The summed E-state index contributed by atoms with van der Waals surface area (Å²) in [7, 11) is 0. The topological polar surface area (TPSA) is 70.6 Å². The number of benzene rings is 1. The van der Waals surface area contributed by atoms with Crippen LogP contribution in [0.3, 0.4) is 0 Å². The highest BCUT2D eigenvalue weighted by atomic mass is 16.5. The highest BCUT2D eigenvalue weighted by molar-refractivity contribution is 5.89. The molecule has 0 radical (unpaired) electrons. The Morgan fingerprint density at radius 3 is 2.52 bits per heavy atom. The van der Waals surface area contributed by atoms with Gasteiger partial charge in [-0.3, -0.25) is 0 Å². The van der Waals surface area contributed by atoms with Gasteiger partial charge in [0.1, 0.15) is 0 Å². The molecule has 0 spiro atoms. The van der Waals surface area contributed by atoms with Crippen molar-refractivity contribution in [2.45, 2.75) is 39.9 Å². The molecular weight excluding hydrogens is 268 g/mol. The number of carbonyl (C=O) groups is 1. The average Bonchev–Trinajstić information content (AvgIpc) is 2.46. The van der Waals surface area contributed by atoms with Crippen LogP contribution in [-0.4, -0.2) is 30.4 Å². The minimum Gasteiger partial charge on any atom is -0.393 e. The van der Waals surface area contributed by atoms with Gasteiger partial charge in [0.15, 0.2) is 0 Å². The largest absolute Gasteiger partial charge is 0.393 e. The van der Waals surface area contributed by atoms with Crippen molar-refractivity contribution in [2.75, 3.05) is 18.5 Å². The van der Waals surface area contributed by atoms with E-state index in [1.165, 1.54) is 0 Å². The third-order valence-corrected chi connectivity index (χ3v) is 3.18. The Labute approximate surface area is 126 Å². The first-order valence-corrected chi connectivity index (χ1v) is 7.42. The van der Waals surface area contributed by atoms with E-state index in [2.05, 4.69) is 10.6 Å². The summed E-state index contributed by atoms with van der Waals surface area (Å²) in [5, 5.41) is 15.1. The molecule has 0 aromatic heterocycles. The standard InChI is InChI=1S/C16H26N2O3/c1-4-21-11-13-5-7-14(8-6-13)18-16(20)17-10-9-15(19)12(2)3/h5-8,12,15,19H,4,9-11H2,1-3H3,(H2,17,18,20).